The maximum atomic E-state index is 5.35. The van der Waals surface area contributed by atoms with Crippen molar-refractivity contribution in [2.24, 2.45) is 0 Å². The van der Waals surface area contributed by atoms with Crippen molar-refractivity contribution in [2.45, 2.75) is 12.6 Å². The van der Waals surface area contributed by atoms with Gasteiger partial charge in [0.15, 0.2) is 0 Å². The molecule has 2 fully saturated rings. The van der Waals surface area contributed by atoms with Gasteiger partial charge in [0.2, 0.25) is 0 Å². The second-order valence-corrected chi connectivity index (χ2v) is 2.79. The summed E-state index contributed by atoms with van der Waals surface area (Å²) in [7, 11) is 0. The summed E-state index contributed by atoms with van der Waals surface area (Å²) in [6.07, 6.45) is 1.28. The van der Waals surface area contributed by atoms with Gasteiger partial charge in [-0.25, -0.2) is 5.32 Å². The molecule has 2 rings (SSSR count). The van der Waals surface area contributed by atoms with Crippen LogP contribution in [0, 0.1) is 0 Å². The highest BCUT2D eigenvalue weighted by atomic mass is 16.7. The van der Waals surface area contributed by atoms with E-state index in [4.69, 9.17) is 9.57 Å². The van der Waals surface area contributed by atoms with Crippen LogP contribution in [0.4, 0.5) is 0 Å². The number of hydroxylamine groups is 2. The van der Waals surface area contributed by atoms with Gasteiger partial charge in [-0.05, 0) is 6.42 Å². The van der Waals surface area contributed by atoms with Crippen LogP contribution in [0.3, 0.4) is 0 Å². The molecule has 0 aliphatic carbocycles. The van der Waals surface area contributed by atoms with Crippen molar-refractivity contribution in [3.05, 3.63) is 0 Å². The van der Waals surface area contributed by atoms with Gasteiger partial charge >= 0.3 is 0 Å². The Hall–Kier alpha value is -0.160. The Bertz CT molecular complexity index is 120. The predicted molar refractivity (Wildman–Crippen MR) is 38.9 cm³/mol. The van der Waals surface area contributed by atoms with E-state index in [0.717, 1.165) is 32.7 Å². The van der Waals surface area contributed by atoms with Crippen LogP contribution in [-0.2, 0) is 9.57 Å². The van der Waals surface area contributed by atoms with Gasteiger partial charge < -0.3 is 4.74 Å². The summed E-state index contributed by atoms with van der Waals surface area (Å²) in [4.78, 5) is 5.35. The van der Waals surface area contributed by atoms with E-state index in [1.54, 1.807) is 0 Å². The quantitative estimate of drug-likeness (QED) is 0.519. The molecule has 0 spiro atoms. The molecule has 4 nitrogen and oxygen atoms in total. The third-order valence-corrected chi connectivity index (χ3v) is 1.95. The number of nitrogens with zero attached hydrogens (tertiary/aromatic N) is 2. The molecule has 11 heavy (non-hydrogen) atoms. The van der Waals surface area contributed by atoms with Gasteiger partial charge in [-0.2, -0.15) is 5.06 Å². The molecule has 1 atom stereocenters. The Morgan fingerprint density at radius 2 is 2.36 bits per heavy atom. The Morgan fingerprint density at radius 1 is 1.36 bits per heavy atom. The van der Waals surface area contributed by atoms with Gasteiger partial charge in [0.05, 0.1) is 19.8 Å². The van der Waals surface area contributed by atoms with E-state index in [1.165, 1.54) is 0 Å². The van der Waals surface area contributed by atoms with Crippen molar-refractivity contribution in [2.75, 3.05) is 32.9 Å². The molecule has 1 radical (unpaired) electrons. The molecule has 0 aromatic heterocycles. The largest absolute Gasteiger partial charge is 0.377 e. The molecular formula is C7H13N2O2. The Kier molecular flexibility index (Phi) is 2.38. The molecule has 2 aliphatic heterocycles. The molecule has 63 valence electrons. The van der Waals surface area contributed by atoms with Crippen LogP contribution in [0.1, 0.15) is 6.42 Å². The fourth-order valence-corrected chi connectivity index (χ4v) is 1.38. The average molecular weight is 157 g/mol. The Morgan fingerprint density at radius 3 is 3.00 bits per heavy atom. The van der Waals surface area contributed by atoms with Gasteiger partial charge in [-0.3, -0.25) is 4.84 Å². The predicted octanol–water partition coefficient (Wildman–Crippen LogP) is -0.416. The molecule has 0 aromatic carbocycles. The normalized spacial score (nSPS) is 34.4. The summed E-state index contributed by atoms with van der Waals surface area (Å²) in [5, 5.41) is 6.32. The zero-order valence-corrected chi connectivity index (χ0v) is 6.53. The van der Waals surface area contributed by atoms with Gasteiger partial charge in [0.1, 0.15) is 6.17 Å². The zero-order chi connectivity index (χ0) is 7.52. The lowest BCUT2D eigenvalue weighted by molar-refractivity contribution is -0.173. The summed E-state index contributed by atoms with van der Waals surface area (Å²) < 4.78 is 5.28. The number of ether oxygens (including phenoxy) is 1. The summed E-state index contributed by atoms with van der Waals surface area (Å²) in [5.74, 6) is 0. The Labute approximate surface area is 66.4 Å². The first-order valence-corrected chi connectivity index (χ1v) is 4.11. The second kappa shape index (κ2) is 3.49. The minimum atomic E-state index is 0.159. The first kappa shape index (κ1) is 7.49. The zero-order valence-electron chi connectivity index (χ0n) is 6.53. The molecule has 0 amide bonds. The third kappa shape index (κ3) is 1.70. The monoisotopic (exact) mass is 157 g/mol. The van der Waals surface area contributed by atoms with E-state index >= 15 is 0 Å². The highest BCUT2D eigenvalue weighted by Crippen LogP contribution is 2.10. The van der Waals surface area contributed by atoms with Crippen LogP contribution in [0.2, 0.25) is 0 Å². The number of rotatable bonds is 1. The van der Waals surface area contributed by atoms with Crippen molar-refractivity contribution < 1.29 is 9.57 Å². The van der Waals surface area contributed by atoms with E-state index in [-0.39, 0.29) is 6.17 Å². The molecule has 0 bridgehead atoms. The summed E-state index contributed by atoms with van der Waals surface area (Å²) >= 11 is 0. The van der Waals surface area contributed by atoms with E-state index in [9.17, 15) is 0 Å². The highest BCUT2D eigenvalue weighted by molar-refractivity contribution is 4.68. The van der Waals surface area contributed by atoms with Gasteiger partial charge in [0, 0.05) is 13.1 Å². The molecule has 2 saturated heterocycles. The van der Waals surface area contributed by atoms with E-state index in [2.05, 4.69) is 5.32 Å². The van der Waals surface area contributed by atoms with Crippen LogP contribution in [0.15, 0.2) is 0 Å². The third-order valence-electron chi connectivity index (χ3n) is 1.95. The first-order valence-electron chi connectivity index (χ1n) is 4.11. The lowest BCUT2D eigenvalue weighted by Gasteiger charge is -2.28. The summed E-state index contributed by atoms with van der Waals surface area (Å²) in [6, 6.07) is 0. The summed E-state index contributed by atoms with van der Waals surface area (Å²) in [5.41, 5.74) is 0. The second-order valence-electron chi connectivity index (χ2n) is 2.79. The highest BCUT2D eigenvalue weighted by Gasteiger charge is 2.25. The van der Waals surface area contributed by atoms with Gasteiger partial charge in [-0.15, -0.1) is 0 Å². The van der Waals surface area contributed by atoms with Crippen molar-refractivity contribution in [3.63, 3.8) is 0 Å². The Balaban J connectivity index is 1.82. The first-order chi connectivity index (χ1) is 5.47. The van der Waals surface area contributed by atoms with Crippen molar-refractivity contribution in [1.82, 2.24) is 10.4 Å². The minimum Gasteiger partial charge on any atom is -0.377 e. The molecule has 0 aromatic rings. The van der Waals surface area contributed by atoms with Gasteiger partial charge in [0.25, 0.3) is 0 Å². The fraction of sp³-hybridized carbons (Fsp3) is 1.00. The molecule has 0 saturated carbocycles. The molecular weight excluding hydrogens is 144 g/mol. The fourth-order valence-electron chi connectivity index (χ4n) is 1.38. The minimum absolute atomic E-state index is 0.159. The smallest absolute Gasteiger partial charge is 0.123 e. The van der Waals surface area contributed by atoms with Crippen LogP contribution >= 0.6 is 0 Å². The van der Waals surface area contributed by atoms with Crippen molar-refractivity contribution in [3.8, 4) is 0 Å². The van der Waals surface area contributed by atoms with Gasteiger partial charge in [-0.1, -0.05) is 0 Å². The van der Waals surface area contributed by atoms with Crippen molar-refractivity contribution >= 4 is 0 Å². The average Bonchev–Trinajstić information content (AvgIpc) is 2.58. The van der Waals surface area contributed by atoms with Crippen LogP contribution in [0.25, 0.3) is 0 Å². The molecule has 4 heteroatoms. The number of morpholine rings is 1. The van der Waals surface area contributed by atoms with Crippen LogP contribution in [0.5, 0.6) is 0 Å². The molecule has 2 heterocycles. The van der Waals surface area contributed by atoms with E-state index in [0.29, 0.717) is 6.61 Å². The summed E-state index contributed by atoms with van der Waals surface area (Å²) in [6.45, 7) is 4.11. The number of hydrogen-bond acceptors (Lipinski definition) is 3. The lowest BCUT2D eigenvalue weighted by atomic mass is 10.4. The maximum absolute atomic E-state index is 5.35. The van der Waals surface area contributed by atoms with Crippen molar-refractivity contribution in [1.29, 1.82) is 0 Å². The number of hydrogen-bond donors (Lipinski definition) is 0. The lowest BCUT2D eigenvalue weighted by Crippen LogP contribution is -2.47. The van der Waals surface area contributed by atoms with Crippen LogP contribution < -0.4 is 5.32 Å². The molecule has 1 unspecified atom stereocenters. The van der Waals surface area contributed by atoms with Crippen LogP contribution in [-0.4, -0.2) is 44.1 Å². The van der Waals surface area contributed by atoms with E-state index in [1.807, 2.05) is 5.06 Å². The maximum Gasteiger partial charge on any atom is 0.123 e. The SMILES string of the molecule is C1CON(C2COCC[N]2)C1. The molecule has 0 N–H and O–H groups in total. The van der Waals surface area contributed by atoms with E-state index < -0.39 is 0 Å². The topological polar surface area (TPSA) is 35.8 Å². The molecule has 2 aliphatic rings. The standard InChI is InChI=1S/C7H13N2O2/c1-3-9(11-4-1)7-6-10-5-2-8-7/h7H,1-6H2.